The van der Waals surface area contributed by atoms with Gasteiger partial charge in [0, 0.05) is 11.9 Å². The molecule has 2 N–H and O–H groups in total. The van der Waals surface area contributed by atoms with Gasteiger partial charge in [0.2, 0.25) is 0 Å². The lowest BCUT2D eigenvalue weighted by atomic mass is 9.69. The highest BCUT2D eigenvalue weighted by Gasteiger charge is 2.34. The Bertz CT molecular complexity index is 584. The van der Waals surface area contributed by atoms with Gasteiger partial charge in [-0.05, 0) is 41.9 Å². The topological polar surface area (TPSA) is 44.6 Å². The fourth-order valence-corrected chi connectivity index (χ4v) is 2.80. The van der Waals surface area contributed by atoms with E-state index in [2.05, 4.69) is 31.1 Å². The van der Waals surface area contributed by atoms with Gasteiger partial charge in [-0.15, -0.1) is 0 Å². The Morgan fingerprint density at radius 3 is 2.95 bits per heavy atom. The molecule has 0 spiro atoms. The molecule has 2 aliphatic rings. The van der Waals surface area contributed by atoms with Crippen molar-refractivity contribution in [2.45, 2.75) is 33.6 Å². The zero-order valence-electron chi connectivity index (χ0n) is 11.7. The maximum atomic E-state index is 9.98. The van der Waals surface area contributed by atoms with Gasteiger partial charge in [-0.2, -0.15) is 0 Å². The number of phenols is 1. The van der Waals surface area contributed by atoms with Crippen LogP contribution in [-0.2, 0) is 0 Å². The molecule has 0 fully saturated rings. The summed E-state index contributed by atoms with van der Waals surface area (Å²) in [5, 5.41) is 13.4. The molecule has 1 atom stereocenters. The predicted octanol–water partition coefficient (Wildman–Crippen LogP) is 4.23. The van der Waals surface area contributed by atoms with E-state index in [1.54, 1.807) is 6.07 Å². The largest absolute Gasteiger partial charge is 0.506 e. The molecule has 1 heterocycles. The van der Waals surface area contributed by atoms with Crippen molar-refractivity contribution in [3.8, 4) is 5.75 Å². The number of benzene rings is 1. The molecule has 0 saturated heterocycles. The number of fused-ring (bicyclic) bond motifs is 1. The first-order valence-electron chi connectivity index (χ1n) is 6.82. The number of allylic oxidation sites excluding steroid dienone is 2. The Kier molecular flexibility index (Phi) is 2.66. The van der Waals surface area contributed by atoms with Crippen molar-refractivity contribution in [1.82, 2.24) is 0 Å². The molecule has 1 aromatic carbocycles. The zero-order chi connectivity index (χ0) is 13.6. The molecule has 0 amide bonds. The Balaban J connectivity index is 2.04. The van der Waals surface area contributed by atoms with Crippen LogP contribution in [0.2, 0.25) is 0 Å². The Hall–Kier alpha value is -1.77. The summed E-state index contributed by atoms with van der Waals surface area (Å²) >= 11 is 0. The van der Waals surface area contributed by atoms with Gasteiger partial charge in [0.15, 0.2) is 0 Å². The summed E-state index contributed by atoms with van der Waals surface area (Å²) in [6, 6.07) is 5.44. The van der Waals surface area contributed by atoms with E-state index >= 15 is 0 Å². The average Bonchev–Trinajstić information content (AvgIpc) is 2.51. The van der Waals surface area contributed by atoms with Crippen LogP contribution >= 0.6 is 0 Å². The molecule has 19 heavy (non-hydrogen) atoms. The van der Waals surface area contributed by atoms with Gasteiger partial charge in [-0.3, -0.25) is 4.99 Å². The van der Waals surface area contributed by atoms with Gasteiger partial charge in [0.05, 0.1) is 5.69 Å². The van der Waals surface area contributed by atoms with E-state index < -0.39 is 0 Å². The number of rotatable bonds is 0. The highest BCUT2D eigenvalue weighted by molar-refractivity contribution is 5.90. The minimum Gasteiger partial charge on any atom is -0.506 e. The quantitative estimate of drug-likeness (QED) is 0.682. The maximum absolute atomic E-state index is 9.98. The summed E-state index contributed by atoms with van der Waals surface area (Å²) in [6.45, 7) is 6.91. The molecule has 0 bridgehead atoms. The minimum absolute atomic E-state index is 0.265. The van der Waals surface area contributed by atoms with Crippen molar-refractivity contribution in [3.05, 3.63) is 29.5 Å². The first-order valence-corrected chi connectivity index (χ1v) is 6.82. The van der Waals surface area contributed by atoms with Gasteiger partial charge in [-0.25, -0.2) is 0 Å². The molecule has 0 aromatic heterocycles. The third kappa shape index (κ3) is 2.03. The van der Waals surface area contributed by atoms with Crippen LogP contribution in [0.25, 0.3) is 0 Å². The summed E-state index contributed by atoms with van der Waals surface area (Å²) in [5.74, 6) is 0.875. The maximum Gasteiger partial charge on any atom is 0.141 e. The van der Waals surface area contributed by atoms with E-state index in [1.165, 1.54) is 11.3 Å². The number of nitrogens with zero attached hydrogens (tertiary/aromatic N) is 1. The first-order chi connectivity index (χ1) is 8.97. The van der Waals surface area contributed by atoms with Gasteiger partial charge in [0.1, 0.15) is 11.4 Å². The van der Waals surface area contributed by atoms with Gasteiger partial charge in [-0.1, -0.05) is 26.8 Å². The summed E-state index contributed by atoms with van der Waals surface area (Å²) in [5.41, 5.74) is 4.30. The second-order valence-electron chi connectivity index (χ2n) is 6.33. The molecule has 1 aliphatic heterocycles. The molecule has 1 aliphatic carbocycles. The monoisotopic (exact) mass is 256 g/mol. The normalized spacial score (nSPS) is 24.3. The van der Waals surface area contributed by atoms with Crippen molar-refractivity contribution in [2.24, 2.45) is 16.3 Å². The van der Waals surface area contributed by atoms with Crippen molar-refractivity contribution in [3.63, 3.8) is 0 Å². The number of phenolic OH excluding ortho intramolecular Hbond substituents is 1. The number of hydrogen-bond acceptors (Lipinski definition) is 3. The summed E-state index contributed by atoms with van der Waals surface area (Å²) in [4.78, 5) is 4.52. The number of aromatic hydroxyl groups is 1. The number of para-hydroxylation sites is 1. The average molecular weight is 256 g/mol. The van der Waals surface area contributed by atoms with Crippen LogP contribution < -0.4 is 5.32 Å². The SMILES string of the molecule is C[C@@H]1CC2=C(C=Nc3cccc(O)c3N2)CC1(C)C. The fraction of sp³-hybridized carbons (Fsp3) is 0.438. The van der Waals surface area contributed by atoms with Gasteiger partial charge >= 0.3 is 0 Å². The molecule has 1 aromatic rings. The van der Waals surface area contributed by atoms with E-state index in [9.17, 15) is 5.11 Å². The Morgan fingerprint density at radius 1 is 1.37 bits per heavy atom. The van der Waals surface area contributed by atoms with Crippen molar-refractivity contribution >= 4 is 17.6 Å². The van der Waals surface area contributed by atoms with E-state index in [-0.39, 0.29) is 5.75 Å². The van der Waals surface area contributed by atoms with E-state index in [1.807, 2.05) is 18.3 Å². The molecule has 0 saturated carbocycles. The van der Waals surface area contributed by atoms with Crippen LogP contribution in [0.4, 0.5) is 11.4 Å². The fourth-order valence-electron chi connectivity index (χ4n) is 2.80. The molecule has 3 rings (SSSR count). The lowest BCUT2D eigenvalue weighted by molar-refractivity contribution is 0.216. The molecular weight excluding hydrogens is 236 g/mol. The molecule has 0 unspecified atom stereocenters. The van der Waals surface area contributed by atoms with Crippen molar-refractivity contribution < 1.29 is 5.11 Å². The van der Waals surface area contributed by atoms with Crippen LogP contribution in [0.1, 0.15) is 33.6 Å². The molecule has 100 valence electrons. The number of nitrogens with one attached hydrogen (secondary N) is 1. The Morgan fingerprint density at radius 2 is 2.16 bits per heavy atom. The summed E-state index contributed by atoms with van der Waals surface area (Å²) < 4.78 is 0. The lowest BCUT2D eigenvalue weighted by Gasteiger charge is -2.38. The van der Waals surface area contributed by atoms with E-state index in [0.717, 1.165) is 24.2 Å². The molecular formula is C16H20N2O. The van der Waals surface area contributed by atoms with Gasteiger partial charge < -0.3 is 10.4 Å². The van der Waals surface area contributed by atoms with Crippen LogP contribution in [0.5, 0.6) is 5.75 Å². The van der Waals surface area contributed by atoms with Crippen LogP contribution in [0, 0.1) is 11.3 Å². The van der Waals surface area contributed by atoms with E-state index in [4.69, 9.17) is 0 Å². The van der Waals surface area contributed by atoms with Crippen molar-refractivity contribution in [1.29, 1.82) is 0 Å². The van der Waals surface area contributed by atoms with Crippen LogP contribution in [0.15, 0.2) is 34.5 Å². The smallest absolute Gasteiger partial charge is 0.141 e. The van der Waals surface area contributed by atoms with E-state index in [0.29, 0.717) is 11.3 Å². The number of anilines is 1. The van der Waals surface area contributed by atoms with Crippen LogP contribution in [0.3, 0.4) is 0 Å². The van der Waals surface area contributed by atoms with Crippen molar-refractivity contribution in [2.75, 3.05) is 5.32 Å². The summed E-state index contributed by atoms with van der Waals surface area (Å²) in [7, 11) is 0. The minimum atomic E-state index is 0.265. The molecule has 3 nitrogen and oxygen atoms in total. The predicted molar refractivity (Wildman–Crippen MR) is 79.1 cm³/mol. The second kappa shape index (κ2) is 4.12. The van der Waals surface area contributed by atoms with Crippen LogP contribution in [-0.4, -0.2) is 11.3 Å². The Labute approximate surface area is 114 Å². The molecule has 3 heteroatoms. The first kappa shape index (κ1) is 12.3. The molecule has 0 radical (unpaired) electrons. The van der Waals surface area contributed by atoms with Gasteiger partial charge in [0.25, 0.3) is 0 Å². The third-order valence-corrected chi connectivity index (χ3v) is 4.53. The number of aliphatic imine (C=N–C) groups is 1. The standard InChI is InChI=1S/C16H20N2O/c1-10-7-13-11(8-16(10,2)3)9-17-12-5-4-6-14(19)15(12)18-13/h4-6,9-10,18-19H,7-8H2,1-3H3/t10-/m1/s1. The summed E-state index contributed by atoms with van der Waals surface area (Å²) in [6.07, 6.45) is 3.98. The second-order valence-corrected chi connectivity index (χ2v) is 6.33. The zero-order valence-corrected chi connectivity index (χ0v) is 11.7. The highest BCUT2D eigenvalue weighted by atomic mass is 16.3. The lowest BCUT2D eigenvalue weighted by Crippen LogP contribution is -2.29. The third-order valence-electron chi connectivity index (χ3n) is 4.53. The highest BCUT2D eigenvalue weighted by Crippen LogP contribution is 2.45. The number of hydrogen-bond donors (Lipinski definition) is 2.